The van der Waals surface area contributed by atoms with Gasteiger partial charge in [0.2, 0.25) is 0 Å². The van der Waals surface area contributed by atoms with Crippen molar-refractivity contribution in [3.8, 4) is 0 Å². The molecule has 1 saturated heterocycles. The molecule has 0 spiro atoms. The Balaban J connectivity index is 2.50. The molecule has 1 aliphatic heterocycles. The zero-order chi connectivity index (χ0) is 11.5. The highest BCUT2D eigenvalue weighted by Gasteiger charge is 2.34. The molecule has 0 amide bonds. The Kier molecular flexibility index (Phi) is 4.15. The van der Waals surface area contributed by atoms with Gasteiger partial charge in [-0.15, -0.1) is 0 Å². The van der Waals surface area contributed by atoms with E-state index in [4.69, 9.17) is 9.47 Å². The summed E-state index contributed by atoms with van der Waals surface area (Å²) >= 11 is 0. The van der Waals surface area contributed by atoms with Crippen molar-refractivity contribution in [3.05, 3.63) is 0 Å². The van der Waals surface area contributed by atoms with Gasteiger partial charge in [-0.05, 0) is 27.2 Å². The molecule has 2 atom stereocenters. The molecule has 15 heavy (non-hydrogen) atoms. The zero-order valence-electron chi connectivity index (χ0n) is 10.7. The Labute approximate surface area is 93.5 Å². The van der Waals surface area contributed by atoms with Gasteiger partial charge in [0.25, 0.3) is 0 Å². The van der Waals surface area contributed by atoms with E-state index in [0.29, 0.717) is 0 Å². The van der Waals surface area contributed by atoms with Crippen molar-refractivity contribution in [1.29, 1.82) is 0 Å². The van der Waals surface area contributed by atoms with Crippen molar-refractivity contribution in [3.63, 3.8) is 0 Å². The van der Waals surface area contributed by atoms with Crippen LogP contribution in [0.5, 0.6) is 0 Å². The van der Waals surface area contributed by atoms with Gasteiger partial charge in [0.1, 0.15) is 0 Å². The number of hydrogen-bond donors (Lipinski definition) is 1. The van der Waals surface area contributed by atoms with E-state index in [1.807, 2.05) is 0 Å². The molecule has 1 rings (SSSR count). The van der Waals surface area contributed by atoms with Gasteiger partial charge in [0.15, 0.2) is 0 Å². The van der Waals surface area contributed by atoms with E-state index in [-0.39, 0.29) is 17.3 Å². The van der Waals surface area contributed by atoms with Crippen molar-refractivity contribution >= 4 is 0 Å². The third-order valence-corrected chi connectivity index (χ3v) is 3.34. The summed E-state index contributed by atoms with van der Waals surface area (Å²) in [6, 6.07) is 0. The predicted octanol–water partition coefficient (Wildman–Crippen LogP) is 1.96. The molecule has 3 heteroatoms. The van der Waals surface area contributed by atoms with E-state index >= 15 is 0 Å². The van der Waals surface area contributed by atoms with Gasteiger partial charge < -0.3 is 14.8 Å². The highest BCUT2D eigenvalue weighted by Crippen LogP contribution is 2.25. The standard InChI is InChI=1S/C12H25NO2/c1-6-12(4)9-13-8-10(15-12)7-11(2,3)14-5/h10,13H,6-9H2,1-5H3. The minimum absolute atomic E-state index is 0.00720. The molecule has 0 saturated carbocycles. The second-order valence-corrected chi connectivity index (χ2v) is 5.34. The van der Waals surface area contributed by atoms with E-state index in [2.05, 4.69) is 33.0 Å². The molecule has 0 aliphatic carbocycles. The highest BCUT2D eigenvalue weighted by molar-refractivity contribution is 4.87. The first-order valence-corrected chi connectivity index (χ1v) is 5.84. The first kappa shape index (κ1) is 12.9. The summed E-state index contributed by atoms with van der Waals surface area (Å²) < 4.78 is 11.6. The fourth-order valence-electron chi connectivity index (χ4n) is 1.94. The lowest BCUT2D eigenvalue weighted by molar-refractivity contribution is -0.133. The van der Waals surface area contributed by atoms with Gasteiger partial charge >= 0.3 is 0 Å². The van der Waals surface area contributed by atoms with Gasteiger partial charge in [-0.2, -0.15) is 0 Å². The number of morpholine rings is 1. The second kappa shape index (κ2) is 4.81. The van der Waals surface area contributed by atoms with Crippen LogP contribution in [0.4, 0.5) is 0 Å². The number of rotatable bonds is 4. The topological polar surface area (TPSA) is 30.5 Å². The monoisotopic (exact) mass is 215 g/mol. The van der Waals surface area contributed by atoms with Crippen molar-refractivity contribution in [1.82, 2.24) is 5.32 Å². The van der Waals surface area contributed by atoms with Crippen LogP contribution in [0.3, 0.4) is 0 Å². The van der Waals surface area contributed by atoms with Crippen molar-refractivity contribution < 1.29 is 9.47 Å². The van der Waals surface area contributed by atoms with Crippen LogP contribution in [-0.4, -0.2) is 37.5 Å². The summed E-state index contributed by atoms with van der Waals surface area (Å²) in [5.74, 6) is 0. The van der Waals surface area contributed by atoms with Gasteiger partial charge in [-0.3, -0.25) is 0 Å². The molecule has 2 unspecified atom stereocenters. The molecule has 0 aromatic carbocycles. The minimum Gasteiger partial charge on any atom is -0.379 e. The van der Waals surface area contributed by atoms with Crippen LogP contribution in [0.2, 0.25) is 0 Å². The lowest BCUT2D eigenvalue weighted by Gasteiger charge is -2.41. The van der Waals surface area contributed by atoms with Crippen molar-refractivity contribution in [2.24, 2.45) is 0 Å². The van der Waals surface area contributed by atoms with Crippen LogP contribution in [0.15, 0.2) is 0 Å². The smallest absolute Gasteiger partial charge is 0.0780 e. The molecule has 1 aliphatic rings. The molecule has 0 aromatic rings. The van der Waals surface area contributed by atoms with E-state index in [0.717, 1.165) is 25.9 Å². The number of nitrogens with one attached hydrogen (secondary N) is 1. The van der Waals surface area contributed by atoms with E-state index in [1.54, 1.807) is 7.11 Å². The maximum Gasteiger partial charge on any atom is 0.0780 e. The SMILES string of the molecule is CCC1(C)CNCC(CC(C)(C)OC)O1. The molecule has 1 heterocycles. The predicted molar refractivity (Wildman–Crippen MR) is 62.1 cm³/mol. The summed E-state index contributed by atoms with van der Waals surface area (Å²) in [6.45, 7) is 10.4. The van der Waals surface area contributed by atoms with Gasteiger partial charge in [0.05, 0.1) is 17.3 Å². The fourth-order valence-corrected chi connectivity index (χ4v) is 1.94. The van der Waals surface area contributed by atoms with Gasteiger partial charge in [-0.25, -0.2) is 0 Å². The number of methoxy groups -OCH3 is 1. The molecule has 3 nitrogen and oxygen atoms in total. The number of hydrogen-bond acceptors (Lipinski definition) is 3. The highest BCUT2D eigenvalue weighted by atomic mass is 16.5. The van der Waals surface area contributed by atoms with Crippen LogP contribution in [0.25, 0.3) is 0 Å². The molecule has 0 aromatic heterocycles. The average Bonchev–Trinajstić information content (AvgIpc) is 2.17. The summed E-state index contributed by atoms with van der Waals surface area (Å²) in [5.41, 5.74) is -0.106. The largest absolute Gasteiger partial charge is 0.379 e. The maximum absolute atomic E-state index is 6.12. The minimum atomic E-state index is -0.0989. The Morgan fingerprint density at radius 1 is 1.53 bits per heavy atom. The quantitative estimate of drug-likeness (QED) is 0.777. The van der Waals surface area contributed by atoms with E-state index < -0.39 is 0 Å². The van der Waals surface area contributed by atoms with Crippen LogP contribution in [0, 0.1) is 0 Å². The summed E-state index contributed by atoms with van der Waals surface area (Å²) in [7, 11) is 1.76. The molecule has 0 bridgehead atoms. The molecule has 1 fully saturated rings. The van der Waals surface area contributed by atoms with Crippen LogP contribution >= 0.6 is 0 Å². The summed E-state index contributed by atoms with van der Waals surface area (Å²) in [6.07, 6.45) is 2.24. The Hall–Kier alpha value is -0.120. The fraction of sp³-hybridized carbons (Fsp3) is 1.00. The molecule has 90 valence electrons. The molecule has 1 N–H and O–H groups in total. The molecule has 0 radical (unpaired) electrons. The van der Waals surface area contributed by atoms with Gasteiger partial charge in [-0.1, -0.05) is 6.92 Å². The van der Waals surface area contributed by atoms with Gasteiger partial charge in [0, 0.05) is 26.6 Å². The average molecular weight is 215 g/mol. The zero-order valence-corrected chi connectivity index (χ0v) is 10.7. The Morgan fingerprint density at radius 2 is 2.20 bits per heavy atom. The lowest BCUT2D eigenvalue weighted by Crippen LogP contribution is -2.53. The summed E-state index contributed by atoms with van der Waals surface area (Å²) in [4.78, 5) is 0. The molecular formula is C12H25NO2. The third kappa shape index (κ3) is 3.74. The first-order chi connectivity index (χ1) is 6.91. The third-order valence-electron chi connectivity index (χ3n) is 3.34. The Bertz CT molecular complexity index is 204. The molecular weight excluding hydrogens is 190 g/mol. The van der Waals surface area contributed by atoms with E-state index in [1.165, 1.54) is 0 Å². The van der Waals surface area contributed by atoms with Crippen molar-refractivity contribution in [2.45, 2.75) is 57.8 Å². The maximum atomic E-state index is 6.12. The second-order valence-electron chi connectivity index (χ2n) is 5.34. The van der Waals surface area contributed by atoms with Crippen LogP contribution in [-0.2, 0) is 9.47 Å². The summed E-state index contributed by atoms with van der Waals surface area (Å²) in [5, 5.41) is 3.44. The first-order valence-electron chi connectivity index (χ1n) is 5.84. The number of ether oxygens (including phenoxy) is 2. The lowest BCUT2D eigenvalue weighted by atomic mass is 9.95. The van der Waals surface area contributed by atoms with Crippen LogP contribution in [0.1, 0.15) is 40.5 Å². The van der Waals surface area contributed by atoms with E-state index in [9.17, 15) is 0 Å². The normalized spacial score (nSPS) is 33.0. The van der Waals surface area contributed by atoms with Crippen LogP contribution < -0.4 is 5.32 Å². The van der Waals surface area contributed by atoms with Crippen molar-refractivity contribution in [2.75, 3.05) is 20.2 Å². The Morgan fingerprint density at radius 3 is 2.73 bits per heavy atom.